The molecule has 0 radical (unpaired) electrons. The molecular weight excluding hydrogens is 682 g/mol. The highest BCUT2D eigenvalue weighted by molar-refractivity contribution is 5.83. The van der Waals surface area contributed by atoms with Crippen molar-refractivity contribution in [3.05, 3.63) is 107 Å². The smallest absolute Gasteiger partial charge is 0.312 e. The molecule has 53 heavy (non-hydrogen) atoms. The SMILES string of the molecule is CN1CCC[C@]23c4c5ccc(O)c4O[C@H]2C(OC(=O)CCNC(=O)[C@@H](O)c2ccccc2)=CC[C@@]3(OC(=O)CCNC(=O)[C@@H](O)c2ccccc2)[C@H]1C5. The van der Waals surface area contributed by atoms with E-state index < -0.39 is 53.1 Å². The lowest BCUT2D eigenvalue weighted by atomic mass is 9.52. The number of carbonyl (C=O) groups is 4. The van der Waals surface area contributed by atoms with Crippen molar-refractivity contribution in [1.29, 1.82) is 0 Å². The normalized spacial score (nSPS) is 25.0. The molecule has 13 heteroatoms. The minimum absolute atomic E-state index is 0.0642. The zero-order valence-corrected chi connectivity index (χ0v) is 29.3. The first-order valence-corrected chi connectivity index (χ1v) is 17.9. The maximum atomic E-state index is 13.8. The van der Waals surface area contributed by atoms with Gasteiger partial charge in [0.05, 0.1) is 24.3 Å². The van der Waals surface area contributed by atoms with Crippen molar-refractivity contribution >= 4 is 23.8 Å². The van der Waals surface area contributed by atoms with Crippen molar-refractivity contribution in [2.24, 2.45) is 0 Å². The fourth-order valence-corrected chi connectivity index (χ4v) is 8.64. The number of aliphatic hydroxyl groups is 2. The molecule has 2 aliphatic heterocycles. The van der Waals surface area contributed by atoms with E-state index in [9.17, 15) is 34.5 Å². The van der Waals surface area contributed by atoms with Crippen molar-refractivity contribution in [3.63, 3.8) is 0 Å². The fraction of sp³-hybridized carbons (Fsp3) is 0.400. The molecular formula is C40H43N3O10. The number of nitrogens with one attached hydrogen (secondary N) is 2. The van der Waals surface area contributed by atoms with Crippen LogP contribution in [0.2, 0.25) is 0 Å². The number of phenols is 1. The van der Waals surface area contributed by atoms with Crippen molar-refractivity contribution in [2.45, 2.75) is 73.9 Å². The number of likely N-dealkylation sites (N-methyl/N-ethyl adjacent to an activating group) is 1. The number of rotatable bonds is 12. The maximum absolute atomic E-state index is 13.8. The third-order valence-corrected chi connectivity index (χ3v) is 11.0. The molecule has 1 saturated heterocycles. The average molecular weight is 726 g/mol. The molecule has 2 aliphatic carbocycles. The lowest BCUT2D eigenvalue weighted by molar-refractivity contribution is -0.191. The highest BCUT2D eigenvalue weighted by Gasteiger charge is 2.73. The summed E-state index contributed by atoms with van der Waals surface area (Å²) in [5.41, 5.74) is 0.338. The van der Waals surface area contributed by atoms with Gasteiger partial charge in [-0.15, -0.1) is 0 Å². The Morgan fingerprint density at radius 2 is 1.49 bits per heavy atom. The molecule has 1 spiro atoms. The first-order chi connectivity index (χ1) is 25.6. The number of esters is 2. The van der Waals surface area contributed by atoms with Crippen molar-refractivity contribution < 1.29 is 48.7 Å². The summed E-state index contributed by atoms with van der Waals surface area (Å²) in [4.78, 5) is 54.5. The fourth-order valence-electron chi connectivity index (χ4n) is 8.64. The number of ether oxygens (including phenoxy) is 3. The van der Waals surface area contributed by atoms with Crippen LogP contribution in [0.5, 0.6) is 11.5 Å². The van der Waals surface area contributed by atoms with Crippen LogP contribution in [0.4, 0.5) is 0 Å². The molecule has 0 saturated carbocycles. The number of likely N-dealkylation sites (tertiary alicyclic amines) is 1. The molecule has 3 aromatic rings. The molecule has 4 aliphatic rings. The molecule has 2 amide bonds. The van der Waals surface area contributed by atoms with Crippen LogP contribution >= 0.6 is 0 Å². The summed E-state index contributed by atoms with van der Waals surface area (Å²) in [5, 5.41) is 37.1. The summed E-state index contributed by atoms with van der Waals surface area (Å²) in [6, 6.07) is 20.1. The summed E-state index contributed by atoms with van der Waals surface area (Å²) in [6.07, 6.45) is -0.439. The van der Waals surface area contributed by atoms with Gasteiger partial charge in [-0.1, -0.05) is 66.7 Å². The van der Waals surface area contributed by atoms with E-state index in [4.69, 9.17) is 14.2 Å². The maximum Gasteiger partial charge on any atom is 0.312 e. The van der Waals surface area contributed by atoms with Crippen molar-refractivity contribution in [3.8, 4) is 11.5 Å². The van der Waals surface area contributed by atoms with Crippen LogP contribution in [-0.2, 0) is 40.5 Å². The van der Waals surface area contributed by atoms with Gasteiger partial charge >= 0.3 is 11.9 Å². The second-order valence-corrected chi connectivity index (χ2v) is 14.1. The summed E-state index contributed by atoms with van der Waals surface area (Å²) in [6.45, 7) is 0.556. The van der Waals surface area contributed by atoms with E-state index in [1.54, 1.807) is 72.8 Å². The molecule has 7 rings (SSSR count). The highest BCUT2D eigenvalue weighted by atomic mass is 16.6. The van der Waals surface area contributed by atoms with Crippen LogP contribution in [-0.4, -0.2) is 88.4 Å². The molecule has 13 nitrogen and oxygen atoms in total. The van der Waals surface area contributed by atoms with Gasteiger partial charge in [0.25, 0.3) is 11.8 Å². The molecule has 2 heterocycles. The van der Waals surface area contributed by atoms with Gasteiger partial charge in [0, 0.05) is 25.1 Å². The topological polar surface area (TPSA) is 184 Å². The summed E-state index contributed by atoms with van der Waals surface area (Å²) >= 11 is 0. The van der Waals surface area contributed by atoms with Crippen LogP contribution in [0, 0.1) is 0 Å². The van der Waals surface area contributed by atoms with E-state index in [0.717, 1.165) is 11.1 Å². The molecule has 3 aromatic carbocycles. The number of hydrogen-bond acceptors (Lipinski definition) is 11. The lowest BCUT2D eigenvalue weighted by Crippen LogP contribution is -2.71. The van der Waals surface area contributed by atoms with E-state index in [1.807, 2.05) is 13.1 Å². The molecule has 5 N–H and O–H groups in total. The lowest BCUT2D eigenvalue weighted by Gasteiger charge is -2.58. The van der Waals surface area contributed by atoms with Crippen molar-refractivity contribution in [2.75, 3.05) is 26.7 Å². The monoisotopic (exact) mass is 725 g/mol. The Labute approximate surface area is 306 Å². The predicted molar refractivity (Wildman–Crippen MR) is 189 cm³/mol. The van der Waals surface area contributed by atoms with E-state index in [0.29, 0.717) is 36.9 Å². The number of aliphatic hydroxyl groups excluding tert-OH is 2. The van der Waals surface area contributed by atoms with Gasteiger partial charge in [0.15, 0.2) is 29.8 Å². The number of amides is 2. The summed E-state index contributed by atoms with van der Waals surface area (Å²) in [7, 11) is 1.99. The highest BCUT2D eigenvalue weighted by Crippen LogP contribution is 2.66. The summed E-state index contributed by atoms with van der Waals surface area (Å²) in [5.74, 6) is -2.06. The number of phenolic OH excluding ortho intramolecular Hbond substituents is 1. The standard InChI is InChI=1S/C40H43N3O10/c1-43-22-8-18-39-32-26-13-14-27(44)35(32)52-36(39)28(51-30(45)16-20-41-37(49)33(47)24-9-4-2-5-10-24)15-19-40(39,29(43)23-26)53-31(46)17-21-42-38(50)34(48)25-11-6-3-7-12-25/h2-7,9-15,29,33-34,36,44,47-48H,8,16-23H2,1H3,(H,41,49)(H,42,50)/t29-,33+,34+,36+,39+,40-/m1/s1. The quantitative estimate of drug-likeness (QED) is 0.173. The Kier molecular flexibility index (Phi) is 9.99. The molecule has 1 fully saturated rings. The second kappa shape index (κ2) is 14.6. The Morgan fingerprint density at radius 3 is 2.11 bits per heavy atom. The minimum atomic E-state index is -1.39. The van der Waals surface area contributed by atoms with Gasteiger partial charge in [-0.25, -0.2) is 0 Å². The number of nitrogens with zero attached hydrogens (tertiary/aromatic N) is 1. The van der Waals surface area contributed by atoms with Gasteiger partial charge in [-0.2, -0.15) is 0 Å². The predicted octanol–water partition coefficient (Wildman–Crippen LogP) is 2.63. The minimum Gasteiger partial charge on any atom is -0.504 e. The van der Waals surface area contributed by atoms with E-state index in [-0.39, 0.29) is 55.7 Å². The number of benzene rings is 3. The van der Waals surface area contributed by atoms with Gasteiger partial charge in [-0.3, -0.25) is 24.1 Å². The zero-order valence-electron chi connectivity index (χ0n) is 29.3. The number of carbonyl (C=O) groups excluding carboxylic acids is 4. The number of hydrogen-bond donors (Lipinski definition) is 5. The average Bonchev–Trinajstić information content (AvgIpc) is 3.50. The third kappa shape index (κ3) is 6.42. The Balaban J connectivity index is 1.10. The van der Waals surface area contributed by atoms with Crippen LogP contribution in [0.25, 0.3) is 0 Å². The Bertz CT molecular complexity index is 1920. The van der Waals surface area contributed by atoms with E-state index in [2.05, 4.69) is 15.5 Å². The molecule has 278 valence electrons. The molecule has 2 bridgehead atoms. The Morgan fingerprint density at radius 1 is 0.887 bits per heavy atom. The van der Waals surface area contributed by atoms with Gasteiger partial charge < -0.3 is 40.2 Å². The molecule has 0 aromatic heterocycles. The van der Waals surface area contributed by atoms with E-state index in [1.165, 1.54) is 0 Å². The Hall–Kier alpha value is -5.24. The van der Waals surface area contributed by atoms with Gasteiger partial charge in [0.2, 0.25) is 0 Å². The first kappa shape index (κ1) is 36.1. The van der Waals surface area contributed by atoms with Gasteiger partial charge in [0.1, 0.15) is 11.4 Å². The zero-order chi connectivity index (χ0) is 37.3. The van der Waals surface area contributed by atoms with Crippen molar-refractivity contribution in [1.82, 2.24) is 15.5 Å². The van der Waals surface area contributed by atoms with Crippen LogP contribution in [0.15, 0.2) is 84.6 Å². The second-order valence-electron chi connectivity index (χ2n) is 14.1. The molecule has 0 unspecified atom stereocenters. The summed E-state index contributed by atoms with van der Waals surface area (Å²) < 4.78 is 19.1. The van der Waals surface area contributed by atoms with Gasteiger partial charge in [-0.05, 0) is 61.7 Å². The first-order valence-electron chi connectivity index (χ1n) is 17.9. The molecule has 6 atom stereocenters. The van der Waals surface area contributed by atoms with Crippen LogP contribution < -0.4 is 15.4 Å². The van der Waals surface area contributed by atoms with E-state index >= 15 is 0 Å². The van der Waals surface area contributed by atoms with Crippen LogP contribution in [0.3, 0.4) is 0 Å². The number of aromatic hydroxyl groups is 1. The van der Waals surface area contributed by atoms with Crippen LogP contribution in [0.1, 0.15) is 66.6 Å². The third-order valence-electron chi connectivity index (χ3n) is 11.0. The largest absolute Gasteiger partial charge is 0.504 e.